The molecule has 0 radical (unpaired) electrons. The quantitative estimate of drug-likeness (QED) is 0.245. The number of thioether (sulfide) groups is 1. The summed E-state index contributed by atoms with van der Waals surface area (Å²) in [7, 11) is 1.58. The minimum Gasteiger partial charge on any atom is -0.497 e. The second-order valence-corrected chi connectivity index (χ2v) is 12.3. The lowest BCUT2D eigenvalue weighted by Gasteiger charge is -2.39. The number of rotatable bonds is 12. The maximum absolute atomic E-state index is 14.5. The van der Waals surface area contributed by atoms with E-state index in [-0.39, 0.29) is 31.6 Å². The number of esters is 1. The molecule has 206 valence electrons. The van der Waals surface area contributed by atoms with E-state index in [0.29, 0.717) is 37.1 Å². The van der Waals surface area contributed by atoms with E-state index in [4.69, 9.17) is 9.47 Å². The first-order valence-corrected chi connectivity index (χ1v) is 14.0. The molecule has 8 nitrogen and oxygen atoms in total. The number of likely N-dealkylation sites (tertiary alicyclic amines) is 1. The molecule has 3 fully saturated rings. The number of fused-ring (bicyclic) bond motifs is 1. The molecule has 4 rings (SSSR count). The molecule has 3 aliphatic rings. The third-order valence-electron chi connectivity index (χ3n) is 8.31. The van der Waals surface area contributed by atoms with Crippen LogP contribution < -0.4 is 9.64 Å². The van der Waals surface area contributed by atoms with E-state index in [1.54, 1.807) is 65.1 Å². The molecule has 2 bridgehead atoms. The largest absolute Gasteiger partial charge is 0.497 e. The molecule has 2 amide bonds. The number of nitrogens with zero attached hydrogens (tertiary/aromatic N) is 2. The van der Waals surface area contributed by atoms with Gasteiger partial charge in [-0.1, -0.05) is 19.1 Å². The second kappa shape index (κ2) is 11.1. The number of carbonyl (C=O) groups excluding carboxylic acids is 3. The van der Waals surface area contributed by atoms with Crippen LogP contribution in [0.3, 0.4) is 0 Å². The molecule has 9 heteroatoms. The number of anilines is 1. The molecular weight excluding hydrogens is 504 g/mol. The molecule has 0 saturated carbocycles. The first-order valence-electron chi connectivity index (χ1n) is 13.2. The van der Waals surface area contributed by atoms with Crippen molar-refractivity contribution in [3.8, 4) is 5.75 Å². The van der Waals surface area contributed by atoms with Gasteiger partial charge in [-0.25, -0.2) is 0 Å². The summed E-state index contributed by atoms with van der Waals surface area (Å²) in [4.78, 5) is 45.3. The summed E-state index contributed by atoms with van der Waals surface area (Å²) in [5.74, 6) is -1.58. The van der Waals surface area contributed by atoms with Gasteiger partial charge in [0.15, 0.2) is 0 Å². The predicted molar refractivity (Wildman–Crippen MR) is 148 cm³/mol. The molecule has 1 N–H and O–H groups in total. The summed E-state index contributed by atoms with van der Waals surface area (Å²) in [5.41, 5.74) is 0.657. The number of hydrogen-bond donors (Lipinski definition) is 1. The third-order valence-corrected chi connectivity index (χ3v) is 10.3. The molecule has 2 unspecified atom stereocenters. The molecular formula is C29H38N2O6S. The normalized spacial score (nSPS) is 30.1. The van der Waals surface area contributed by atoms with Crippen molar-refractivity contribution in [2.24, 2.45) is 11.8 Å². The summed E-state index contributed by atoms with van der Waals surface area (Å²) in [5, 5.41) is 10.3. The van der Waals surface area contributed by atoms with E-state index < -0.39 is 39.4 Å². The van der Waals surface area contributed by atoms with Crippen molar-refractivity contribution in [2.75, 3.05) is 31.8 Å². The van der Waals surface area contributed by atoms with Crippen molar-refractivity contribution in [1.29, 1.82) is 0 Å². The number of aliphatic hydroxyl groups is 1. The van der Waals surface area contributed by atoms with Crippen LogP contribution in [0.25, 0.3) is 0 Å². The van der Waals surface area contributed by atoms with Crippen LogP contribution in [0.5, 0.6) is 5.75 Å². The topological polar surface area (TPSA) is 96.4 Å². The Labute approximate surface area is 229 Å². The molecule has 0 aromatic heterocycles. The zero-order valence-corrected chi connectivity index (χ0v) is 23.2. The number of ether oxygens (including phenoxy) is 2. The molecule has 6 atom stereocenters. The molecule has 3 heterocycles. The fraction of sp³-hybridized carbons (Fsp3) is 0.552. The van der Waals surface area contributed by atoms with Crippen molar-refractivity contribution in [1.82, 2.24) is 4.90 Å². The Morgan fingerprint density at radius 1 is 1.26 bits per heavy atom. The Hall–Kier alpha value is -2.78. The van der Waals surface area contributed by atoms with Crippen LogP contribution in [-0.4, -0.2) is 76.2 Å². The average molecular weight is 543 g/mol. The monoisotopic (exact) mass is 542 g/mol. The Bertz CT molecular complexity index is 1090. The summed E-state index contributed by atoms with van der Waals surface area (Å²) in [6, 6.07) is 5.80. The van der Waals surface area contributed by atoms with E-state index in [0.717, 1.165) is 0 Å². The van der Waals surface area contributed by atoms with Crippen LogP contribution >= 0.6 is 11.8 Å². The van der Waals surface area contributed by atoms with Gasteiger partial charge in [0, 0.05) is 17.0 Å². The lowest BCUT2D eigenvalue weighted by atomic mass is 9.66. The third kappa shape index (κ3) is 4.43. The smallest absolute Gasteiger partial charge is 0.311 e. The van der Waals surface area contributed by atoms with Crippen LogP contribution in [0.1, 0.15) is 39.5 Å². The Balaban J connectivity index is 1.79. The van der Waals surface area contributed by atoms with Crippen molar-refractivity contribution < 1.29 is 29.0 Å². The Kier molecular flexibility index (Phi) is 8.28. The standard InChI is InChI=1S/C29H38N2O6S/c1-6-9-17-37-27(35)23-22-25(33)31(19(8-3)18-32)24(29(22)15-14-28(23,4)38-29)26(34)30(16-7-2)20-10-12-21(36-5)13-11-20/h6-7,10-13,19,22-24,32H,1-2,8-9,14-18H2,3-5H3/t19-,22-,23-,24?,28+,29?/m0/s1. The summed E-state index contributed by atoms with van der Waals surface area (Å²) >= 11 is 1.59. The van der Waals surface area contributed by atoms with Crippen LogP contribution in [0.2, 0.25) is 0 Å². The zero-order valence-electron chi connectivity index (χ0n) is 22.4. The first kappa shape index (κ1) is 28.2. The fourth-order valence-electron chi connectivity index (χ4n) is 6.50. The van der Waals surface area contributed by atoms with Crippen molar-refractivity contribution >= 4 is 35.2 Å². The van der Waals surface area contributed by atoms with Crippen molar-refractivity contribution in [2.45, 2.75) is 61.1 Å². The number of methoxy groups -OCH3 is 1. The molecule has 1 spiro atoms. The Morgan fingerprint density at radius 2 is 1.97 bits per heavy atom. The number of benzene rings is 1. The highest BCUT2D eigenvalue weighted by molar-refractivity contribution is 8.02. The number of amides is 2. The van der Waals surface area contributed by atoms with Gasteiger partial charge in [0.25, 0.3) is 5.91 Å². The predicted octanol–water partition coefficient (Wildman–Crippen LogP) is 3.59. The van der Waals surface area contributed by atoms with Gasteiger partial charge in [-0.3, -0.25) is 14.4 Å². The Morgan fingerprint density at radius 3 is 2.55 bits per heavy atom. The van der Waals surface area contributed by atoms with E-state index in [9.17, 15) is 19.5 Å². The summed E-state index contributed by atoms with van der Waals surface area (Å²) < 4.78 is 9.57. The number of carbonyl (C=O) groups is 3. The second-order valence-electron chi connectivity index (χ2n) is 10.4. The average Bonchev–Trinajstić information content (AvgIpc) is 3.49. The molecule has 1 aromatic rings. The minimum atomic E-state index is -0.836. The van der Waals surface area contributed by atoms with E-state index in [1.807, 2.05) is 13.8 Å². The van der Waals surface area contributed by atoms with Gasteiger partial charge in [0.05, 0.1) is 42.9 Å². The van der Waals surface area contributed by atoms with Gasteiger partial charge in [-0.05, 0) is 56.9 Å². The highest BCUT2D eigenvalue weighted by Crippen LogP contribution is 2.71. The summed E-state index contributed by atoms with van der Waals surface area (Å²) in [6.07, 6.45) is 5.67. The van der Waals surface area contributed by atoms with E-state index in [2.05, 4.69) is 13.2 Å². The zero-order chi connectivity index (χ0) is 27.7. The molecule has 38 heavy (non-hydrogen) atoms. The van der Waals surface area contributed by atoms with Gasteiger partial charge >= 0.3 is 5.97 Å². The van der Waals surface area contributed by atoms with Gasteiger partial charge in [0.1, 0.15) is 11.8 Å². The lowest BCUT2D eigenvalue weighted by Crippen LogP contribution is -2.57. The maximum Gasteiger partial charge on any atom is 0.311 e. The number of hydrogen-bond acceptors (Lipinski definition) is 7. The fourth-order valence-corrected chi connectivity index (χ4v) is 8.83. The van der Waals surface area contributed by atoms with Gasteiger partial charge < -0.3 is 24.4 Å². The van der Waals surface area contributed by atoms with Crippen LogP contribution in [0.4, 0.5) is 5.69 Å². The van der Waals surface area contributed by atoms with E-state index in [1.165, 1.54) is 0 Å². The molecule has 3 saturated heterocycles. The minimum absolute atomic E-state index is 0.207. The SMILES string of the molecule is C=CCCOC(=O)[C@@H]1[C@H]2C(=O)N([C@@H](CC)CO)C(C(=O)N(CC=C)c3ccc(OC)cc3)C23CC[C@@]1(C)S3. The van der Waals surface area contributed by atoms with E-state index >= 15 is 0 Å². The van der Waals surface area contributed by atoms with Gasteiger partial charge in [-0.2, -0.15) is 0 Å². The van der Waals surface area contributed by atoms with Crippen molar-refractivity contribution in [3.63, 3.8) is 0 Å². The number of aliphatic hydroxyl groups excluding tert-OH is 1. The first-order chi connectivity index (χ1) is 18.2. The highest BCUT2D eigenvalue weighted by atomic mass is 32.2. The van der Waals surface area contributed by atoms with Crippen LogP contribution in [-0.2, 0) is 19.1 Å². The van der Waals surface area contributed by atoms with Crippen LogP contribution in [0.15, 0.2) is 49.6 Å². The highest BCUT2D eigenvalue weighted by Gasteiger charge is 2.78. The molecule has 1 aromatic carbocycles. The van der Waals surface area contributed by atoms with Crippen molar-refractivity contribution in [3.05, 3.63) is 49.6 Å². The van der Waals surface area contributed by atoms with Gasteiger partial charge in [0.2, 0.25) is 5.91 Å². The van der Waals surface area contributed by atoms with Crippen LogP contribution in [0, 0.1) is 11.8 Å². The molecule has 0 aliphatic carbocycles. The molecule has 3 aliphatic heterocycles. The summed E-state index contributed by atoms with van der Waals surface area (Å²) in [6.45, 7) is 11.6. The van der Waals surface area contributed by atoms with Gasteiger partial charge in [-0.15, -0.1) is 24.9 Å². The lowest BCUT2D eigenvalue weighted by molar-refractivity contribution is -0.156. The maximum atomic E-state index is 14.5.